The molecule has 0 unspecified atom stereocenters. The fourth-order valence-corrected chi connectivity index (χ4v) is 4.87. The van der Waals surface area contributed by atoms with Gasteiger partial charge in [-0.05, 0) is 36.8 Å². The zero-order valence-corrected chi connectivity index (χ0v) is 18.9. The Labute approximate surface area is 183 Å². The number of carbonyl (C=O) groups excluding carboxylic acids is 1. The van der Waals surface area contributed by atoms with Crippen molar-refractivity contribution in [1.29, 1.82) is 0 Å². The van der Waals surface area contributed by atoms with Crippen molar-refractivity contribution >= 4 is 43.6 Å². The molecule has 0 atom stereocenters. The second kappa shape index (κ2) is 8.85. The lowest BCUT2D eigenvalue weighted by Gasteiger charge is -2.34. The van der Waals surface area contributed by atoms with Gasteiger partial charge in [-0.25, -0.2) is 8.42 Å². The molecule has 0 aliphatic carbocycles. The van der Waals surface area contributed by atoms with E-state index in [4.69, 9.17) is 0 Å². The van der Waals surface area contributed by atoms with Crippen LogP contribution in [0.2, 0.25) is 0 Å². The monoisotopic (exact) mass is 439 g/mol. The minimum Gasteiger partial charge on any atom is -0.341 e. The fraction of sp³-hybridized carbons (Fsp3) is 0.375. The molecule has 2 aromatic carbocycles. The number of nitrogens with zero attached hydrogens (tertiary/aromatic N) is 3. The van der Waals surface area contributed by atoms with Gasteiger partial charge in [-0.3, -0.25) is 9.69 Å². The maximum atomic E-state index is 12.6. The van der Waals surface area contributed by atoms with Crippen molar-refractivity contribution in [3.63, 3.8) is 0 Å². The number of fused-ring (bicyclic) bond motifs is 3. The van der Waals surface area contributed by atoms with E-state index in [0.29, 0.717) is 32.7 Å². The van der Waals surface area contributed by atoms with Crippen molar-refractivity contribution in [3.05, 3.63) is 54.1 Å². The second-order valence-corrected chi connectivity index (χ2v) is 10.4. The van der Waals surface area contributed by atoms with Gasteiger partial charge in [0.2, 0.25) is 5.91 Å². The molecule has 0 saturated carbocycles. The van der Waals surface area contributed by atoms with E-state index < -0.39 is 9.84 Å². The van der Waals surface area contributed by atoms with E-state index in [0.717, 1.165) is 12.1 Å². The summed E-state index contributed by atoms with van der Waals surface area (Å²) < 4.78 is 25.0. The topological polar surface area (TPSA) is 62.6 Å². The van der Waals surface area contributed by atoms with Crippen LogP contribution in [0.3, 0.4) is 0 Å². The number of rotatable bonds is 6. The Morgan fingerprint density at radius 1 is 1.00 bits per heavy atom. The van der Waals surface area contributed by atoms with Gasteiger partial charge in [0.1, 0.15) is 9.84 Å². The zero-order chi connectivity index (χ0) is 22.0. The molecule has 0 radical (unpaired) electrons. The molecular formula is C24H29N3O3S. The lowest BCUT2D eigenvalue weighted by Crippen LogP contribution is -2.49. The first-order chi connectivity index (χ1) is 14.9. The summed E-state index contributed by atoms with van der Waals surface area (Å²) in [5, 5.41) is 2.43. The number of para-hydroxylation sites is 1. The standard InChI is InChI=1S/C24H29N3O3S/c1-3-27-22-7-5-4-6-20(22)21-18-19(8-10-23(21)27)9-11-24(28)26-14-12-25(13-15-26)16-17-31(2,29)30/h4-11,18H,3,12-17H2,1-2H3/b11-9+. The summed E-state index contributed by atoms with van der Waals surface area (Å²) >= 11 is 0. The summed E-state index contributed by atoms with van der Waals surface area (Å²) in [7, 11) is -2.96. The Balaban J connectivity index is 1.44. The van der Waals surface area contributed by atoms with E-state index >= 15 is 0 Å². The predicted octanol–water partition coefficient (Wildman–Crippen LogP) is 3.02. The number of benzene rings is 2. The van der Waals surface area contributed by atoms with Crippen LogP contribution in [0.4, 0.5) is 0 Å². The number of carbonyl (C=O) groups is 1. The van der Waals surface area contributed by atoms with Crippen molar-refractivity contribution in [1.82, 2.24) is 14.4 Å². The van der Waals surface area contributed by atoms with Crippen molar-refractivity contribution in [2.24, 2.45) is 0 Å². The summed E-state index contributed by atoms with van der Waals surface area (Å²) in [6.45, 7) is 6.25. The van der Waals surface area contributed by atoms with Crippen LogP contribution >= 0.6 is 0 Å². The fourth-order valence-electron chi connectivity index (χ4n) is 4.28. The quantitative estimate of drug-likeness (QED) is 0.554. The molecule has 1 aromatic heterocycles. The largest absolute Gasteiger partial charge is 0.341 e. The number of aryl methyl sites for hydroxylation is 1. The molecule has 1 aliphatic rings. The number of hydrogen-bond acceptors (Lipinski definition) is 4. The molecule has 6 nitrogen and oxygen atoms in total. The number of sulfone groups is 1. The van der Waals surface area contributed by atoms with E-state index in [1.165, 1.54) is 28.1 Å². The summed E-state index contributed by atoms with van der Waals surface area (Å²) in [6.07, 6.45) is 4.79. The van der Waals surface area contributed by atoms with Gasteiger partial charge in [0, 0.05) is 73.4 Å². The van der Waals surface area contributed by atoms with Gasteiger partial charge >= 0.3 is 0 Å². The highest BCUT2D eigenvalue weighted by atomic mass is 32.2. The van der Waals surface area contributed by atoms with E-state index in [9.17, 15) is 13.2 Å². The summed E-state index contributed by atoms with van der Waals surface area (Å²) in [5.74, 6) is 0.163. The summed E-state index contributed by atoms with van der Waals surface area (Å²) in [6, 6.07) is 14.7. The van der Waals surface area contributed by atoms with E-state index in [-0.39, 0.29) is 11.7 Å². The van der Waals surface area contributed by atoms with Crippen molar-refractivity contribution in [2.45, 2.75) is 13.5 Å². The molecule has 164 valence electrons. The first-order valence-corrected chi connectivity index (χ1v) is 12.8. The molecule has 1 fully saturated rings. The third kappa shape index (κ3) is 4.83. The lowest BCUT2D eigenvalue weighted by molar-refractivity contribution is -0.127. The van der Waals surface area contributed by atoms with Gasteiger partial charge in [-0.2, -0.15) is 0 Å². The maximum absolute atomic E-state index is 12.6. The highest BCUT2D eigenvalue weighted by molar-refractivity contribution is 7.90. The van der Waals surface area contributed by atoms with Crippen LogP contribution in [0.1, 0.15) is 12.5 Å². The average Bonchev–Trinajstić information content (AvgIpc) is 3.09. The Bertz CT molecular complexity index is 1240. The van der Waals surface area contributed by atoms with Crippen LogP contribution in [-0.2, 0) is 21.2 Å². The number of aromatic nitrogens is 1. The Hall–Kier alpha value is -2.64. The number of hydrogen-bond donors (Lipinski definition) is 0. The van der Waals surface area contributed by atoms with Gasteiger partial charge in [0.05, 0.1) is 5.75 Å². The molecule has 31 heavy (non-hydrogen) atoms. The van der Waals surface area contributed by atoms with Gasteiger partial charge in [0.15, 0.2) is 0 Å². The van der Waals surface area contributed by atoms with Crippen molar-refractivity contribution in [3.8, 4) is 0 Å². The second-order valence-electron chi connectivity index (χ2n) is 8.17. The molecule has 3 aromatic rings. The van der Waals surface area contributed by atoms with Crippen LogP contribution in [0.5, 0.6) is 0 Å². The molecule has 0 N–H and O–H groups in total. The molecule has 1 aliphatic heterocycles. The highest BCUT2D eigenvalue weighted by Crippen LogP contribution is 2.30. The van der Waals surface area contributed by atoms with E-state index in [1.54, 1.807) is 6.08 Å². The third-order valence-electron chi connectivity index (χ3n) is 5.99. The minimum atomic E-state index is -2.96. The molecule has 7 heteroatoms. The molecule has 0 spiro atoms. The van der Waals surface area contributed by atoms with Crippen LogP contribution in [-0.4, -0.2) is 73.4 Å². The van der Waals surface area contributed by atoms with Crippen LogP contribution in [0.15, 0.2) is 48.5 Å². The third-order valence-corrected chi connectivity index (χ3v) is 6.92. The van der Waals surface area contributed by atoms with Crippen molar-refractivity contribution in [2.75, 3.05) is 44.7 Å². The summed E-state index contributed by atoms with van der Waals surface area (Å²) in [5.41, 5.74) is 3.44. The van der Waals surface area contributed by atoms with E-state index in [2.05, 4.69) is 58.9 Å². The minimum absolute atomic E-state index is 0.00107. The van der Waals surface area contributed by atoms with E-state index in [1.807, 2.05) is 11.0 Å². The first-order valence-electron chi connectivity index (χ1n) is 10.7. The molecule has 2 heterocycles. The smallest absolute Gasteiger partial charge is 0.246 e. The van der Waals surface area contributed by atoms with Crippen LogP contribution in [0.25, 0.3) is 27.9 Å². The molecule has 1 saturated heterocycles. The SMILES string of the molecule is CCn1c2ccccc2c2cc(/C=C/C(=O)N3CCN(CCS(C)(=O)=O)CC3)ccc21. The molecular weight excluding hydrogens is 410 g/mol. The predicted molar refractivity (Wildman–Crippen MR) is 127 cm³/mol. The molecule has 4 rings (SSSR count). The lowest BCUT2D eigenvalue weighted by atomic mass is 10.1. The Morgan fingerprint density at radius 2 is 1.71 bits per heavy atom. The maximum Gasteiger partial charge on any atom is 0.246 e. The number of piperazine rings is 1. The molecule has 1 amide bonds. The summed E-state index contributed by atoms with van der Waals surface area (Å²) in [4.78, 5) is 16.6. The zero-order valence-electron chi connectivity index (χ0n) is 18.1. The Kier molecular flexibility index (Phi) is 6.16. The molecule has 0 bridgehead atoms. The van der Waals surface area contributed by atoms with Crippen LogP contribution < -0.4 is 0 Å². The van der Waals surface area contributed by atoms with Crippen LogP contribution in [0, 0.1) is 0 Å². The number of amides is 1. The normalized spacial score (nSPS) is 16.0. The van der Waals surface area contributed by atoms with Gasteiger partial charge in [0.25, 0.3) is 0 Å². The average molecular weight is 440 g/mol. The van der Waals surface area contributed by atoms with Crippen molar-refractivity contribution < 1.29 is 13.2 Å². The highest BCUT2D eigenvalue weighted by Gasteiger charge is 2.20. The van der Waals surface area contributed by atoms with Gasteiger partial charge in [-0.15, -0.1) is 0 Å². The Morgan fingerprint density at radius 3 is 2.42 bits per heavy atom. The first kappa shape index (κ1) is 21.6. The van der Waals surface area contributed by atoms with Gasteiger partial charge in [-0.1, -0.05) is 24.3 Å². The van der Waals surface area contributed by atoms with Gasteiger partial charge < -0.3 is 9.47 Å².